The number of hydrogen-bond acceptors (Lipinski definition) is 2. The summed E-state index contributed by atoms with van der Waals surface area (Å²) in [6.45, 7) is 6.97. The molecule has 0 aliphatic carbocycles. The largest absolute Gasteiger partial charge is 0.355 e. The van der Waals surface area contributed by atoms with E-state index in [1.165, 1.54) is 11.1 Å². The Kier molecular flexibility index (Phi) is 4.97. The van der Waals surface area contributed by atoms with Gasteiger partial charge in [0.2, 0.25) is 5.91 Å². The molecular weight excluding hydrogens is 236 g/mol. The smallest absolute Gasteiger partial charge is 0.219 e. The average Bonchev–Trinajstić information content (AvgIpc) is 2.47. The average molecular weight is 260 g/mol. The fraction of sp³-hybridized carbons (Fsp3) is 0.562. The summed E-state index contributed by atoms with van der Waals surface area (Å²) < 4.78 is 0. The Balaban J connectivity index is 1.96. The molecule has 0 saturated heterocycles. The van der Waals surface area contributed by atoms with E-state index in [1.807, 2.05) is 6.92 Å². The molecule has 0 aromatic heterocycles. The molecule has 3 heteroatoms. The van der Waals surface area contributed by atoms with E-state index in [4.69, 9.17) is 0 Å². The lowest BCUT2D eigenvalue weighted by Crippen LogP contribution is -2.45. The number of nitrogens with one attached hydrogen (secondary N) is 1. The van der Waals surface area contributed by atoms with Crippen LogP contribution in [0, 0.1) is 0 Å². The van der Waals surface area contributed by atoms with Gasteiger partial charge in [-0.25, -0.2) is 0 Å². The first-order valence-electron chi connectivity index (χ1n) is 7.32. The molecule has 104 valence electrons. The van der Waals surface area contributed by atoms with E-state index in [0.717, 1.165) is 32.5 Å². The molecule has 0 bridgehead atoms. The summed E-state index contributed by atoms with van der Waals surface area (Å²) in [4.78, 5) is 13.9. The van der Waals surface area contributed by atoms with Crippen LogP contribution >= 0.6 is 0 Å². The van der Waals surface area contributed by atoms with Crippen molar-refractivity contribution in [2.75, 3.05) is 13.1 Å². The highest BCUT2D eigenvalue weighted by Gasteiger charge is 2.22. The van der Waals surface area contributed by atoms with Gasteiger partial charge < -0.3 is 5.32 Å². The Bertz CT molecular complexity index is 431. The minimum atomic E-state index is 0.149. The van der Waals surface area contributed by atoms with E-state index >= 15 is 0 Å². The number of hydrogen-bond donors (Lipinski definition) is 1. The van der Waals surface area contributed by atoms with Crippen molar-refractivity contribution in [2.45, 2.75) is 45.7 Å². The molecule has 0 spiro atoms. The van der Waals surface area contributed by atoms with Crippen LogP contribution in [0.1, 0.15) is 37.8 Å². The van der Waals surface area contributed by atoms with Gasteiger partial charge in [0.25, 0.3) is 0 Å². The third-order valence-electron chi connectivity index (χ3n) is 4.00. The summed E-state index contributed by atoms with van der Waals surface area (Å²) in [6.07, 6.45) is 2.76. The van der Waals surface area contributed by atoms with Crippen LogP contribution in [-0.4, -0.2) is 29.9 Å². The summed E-state index contributed by atoms with van der Waals surface area (Å²) >= 11 is 0. The fourth-order valence-corrected chi connectivity index (χ4v) is 2.72. The van der Waals surface area contributed by atoms with Crippen LogP contribution in [0.25, 0.3) is 0 Å². The van der Waals surface area contributed by atoms with E-state index in [9.17, 15) is 4.79 Å². The predicted octanol–water partition coefficient (Wildman–Crippen LogP) is 2.35. The normalized spacial score (nSPS) is 16.7. The Morgan fingerprint density at radius 3 is 2.74 bits per heavy atom. The van der Waals surface area contributed by atoms with Crippen molar-refractivity contribution in [1.82, 2.24) is 10.2 Å². The molecule has 1 aromatic carbocycles. The highest BCUT2D eigenvalue weighted by atomic mass is 16.1. The van der Waals surface area contributed by atoms with Crippen LogP contribution in [0.15, 0.2) is 24.3 Å². The van der Waals surface area contributed by atoms with Crippen molar-refractivity contribution in [3.8, 4) is 0 Å². The monoisotopic (exact) mass is 260 g/mol. The molecule has 1 N–H and O–H groups in total. The second-order valence-corrected chi connectivity index (χ2v) is 5.21. The zero-order valence-electron chi connectivity index (χ0n) is 12.0. The van der Waals surface area contributed by atoms with Gasteiger partial charge in [0.1, 0.15) is 0 Å². The first-order valence-corrected chi connectivity index (χ1v) is 7.32. The van der Waals surface area contributed by atoms with Crippen molar-refractivity contribution in [2.24, 2.45) is 0 Å². The van der Waals surface area contributed by atoms with Gasteiger partial charge in [0.05, 0.1) is 0 Å². The summed E-state index contributed by atoms with van der Waals surface area (Å²) in [5, 5.41) is 3.02. The predicted molar refractivity (Wildman–Crippen MR) is 77.9 cm³/mol. The van der Waals surface area contributed by atoms with Crippen molar-refractivity contribution < 1.29 is 4.79 Å². The summed E-state index contributed by atoms with van der Waals surface area (Å²) in [6, 6.07) is 9.13. The fourth-order valence-electron chi connectivity index (χ4n) is 2.72. The third-order valence-corrected chi connectivity index (χ3v) is 4.00. The van der Waals surface area contributed by atoms with Gasteiger partial charge in [-0.15, -0.1) is 0 Å². The second-order valence-electron chi connectivity index (χ2n) is 5.21. The van der Waals surface area contributed by atoms with E-state index in [2.05, 4.69) is 41.4 Å². The summed E-state index contributed by atoms with van der Waals surface area (Å²) in [5.74, 6) is 0.149. The summed E-state index contributed by atoms with van der Waals surface area (Å²) in [5.41, 5.74) is 2.92. The maximum absolute atomic E-state index is 11.4. The Morgan fingerprint density at radius 1 is 1.32 bits per heavy atom. The highest BCUT2D eigenvalue weighted by Crippen LogP contribution is 2.21. The minimum Gasteiger partial charge on any atom is -0.355 e. The lowest BCUT2D eigenvalue weighted by molar-refractivity contribution is -0.121. The maximum Gasteiger partial charge on any atom is 0.219 e. The van der Waals surface area contributed by atoms with Crippen LogP contribution in [0.3, 0.4) is 0 Å². The van der Waals surface area contributed by atoms with E-state index < -0.39 is 0 Å². The molecular formula is C16H24N2O. The molecule has 1 amide bonds. The van der Waals surface area contributed by atoms with Gasteiger partial charge in [0, 0.05) is 32.1 Å². The SMILES string of the molecule is CCC(=O)NC[C@@H](CC)N1CCc2ccccc2C1. The van der Waals surface area contributed by atoms with Crippen LogP contribution in [-0.2, 0) is 17.8 Å². The van der Waals surface area contributed by atoms with Crippen LogP contribution in [0.5, 0.6) is 0 Å². The first kappa shape index (κ1) is 14.1. The lowest BCUT2D eigenvalue weighted by Gasteiger charge is -2.35. The van der Waals surface area contributed by atoms with Crippen molar-refractivity contribution in [3.63, 3.8) is 0 Å². The molecule has 1 atom stereocenters. The molecule has 1 aromatic rings. The lowest BCUT2D eigenvalue weighted by atomic mass is 9.98. The van der Waals surface area contributed by atoms with Crippen LogP contribution in [0.4, 0.5) is 0 Å². The van der Waals surface area contributed by atoms with Gasteiger partial charge in [-0.05, 0) is 24.0 Å². The van der Waals surface area contributed by atoms with Gasteiger partial charge in [0.15, 0.2) is 0 Å². The number of benzene rings is 1. The summed E-state index contributed by atoms with van der Waals surface area (Å²) in [7, 11) is 0. The molecule has 0 saturated carbocycles. The van der Waals surface area contributed by atoms with Gasteiger partial charge in [-0.3, -0.25) is 9.69 Å². The molecule has 0 radical (unpaired) electrons. The zero-order valence-corrected chi connectivity index (χ0v) is 12.0. The zero-order chi connectivity index (χ0) is 13.7. The molecule has 0 unspecified atom stereocenters. The van der Waals surface area contributed by atoms with E-state index in [-0.39, 0.29) is 5.91 Å². The molecule has 19 heavy (non-hydrogen) atoms. The van der Waals surface area contributed by atoms with Crippen molar-refractivity contribution in [1.29, 1.82) is 0 Å². The van der Waals surface area contributed by atoms with Gasteiger partial charge >= 0.3 is 0 Å². The quantitative estimate of drug-likeness (QED) is 0.881. The van der Waals surface area contributed by atoms with Gasteiger partial charge in [-0.1, -0.05) is 38.1 Å². The number of rotatable bonds is 5. The topological polar surface area (TPSA) is 32.3 Å². The maximum atomic E-state index is 11.4. The van der Waals surface area contributed by atoms with E-state index in [1.54, 1.807) is 0 Å². The molecule has 2 rings (SSSR count). The molecule has 1 heterocycles. The number of fused-ring (bicyclic) bond motifs is 1. The van der Waals surface area contributed by atoms with E-state index in [0.29, 0.717) is 12.5 Å². The van der Waals surface area contributed by atoms with Crippen LogP contribution in [0.2, 0.25) is 0 Å². The molecule has 1 aliphatic heterocycles. The molecule has 3 nitrogen and oxygen atoms in total. The highest BCUT2D eigenvalue weighted by molar-refractivity contribution is 5.75. The Labute approximate surface area is 116 Å². The molecule has 0 fully saturated rings. The second kappa shape index (κ2) is 6.71. The minimum absolute atomic E-state index is 0.149. The standard InChI is InChI=1S/C16H24N2O/c1-3-15(11-17-16(19)4-2)18-10-9-13-7-5-6-8-14(13)12-18/h5-8,15H,3-4,9-12H2,1-2H3,(H,17,19)/t15-/m1/s1. The number of carbonyl (C=O) groups excluding carboxylic acids is 1. The van der Waals surface area contributed by atoms with Crippen LogP contribution < -0.4 is 5.32 Å². The number of nitrogens with zero attached hydrogens (tertiary/aromatic N) is 1. The van der Waals surface area contributed by atoms with Crippen molar-refractivity contribution in [3.05, 3.63) is 35.4 Å². The number of amides is 1. The Hall–Kier alpha value is -1.35. The molecule has 1 aliphatic rings. The van der Waals surface area contributed by atoms with Gasteiger partial charge in [-0.2, -0.15) is 0 Å². The number of carbonyl (C=O) groups is 1. The first-order chi connectivity index (χ1) is 9.24. The Morgan fingerprint density at radius 2 is 2.05 bits per heavy atom. The van der Waals surface area contributed by atoms with Crippen molar-refractivity contribution >= 4 is 5.91 Å². The third kappa shape index (κ3) is 3.57.